The number of nitrogen functional groups attached to an aromatic ring is 1. The summed E-state index contributed by atoms with van der Waals surface area (Å²) < 4.78 is 2.02. The van der Waals surface area contributed by atoms with Crippen LogP contribution < -0.4 is 10.6 Å². The molecule has 3 aromatic rings. The lowest BCUT2D eigenvalue weighted by atomic mass is 10.1. The van der Waals surface area contributed by atoms with E-state index in [0.29, 0.717) is 28.6 Å². The number of anilines is 2. The molecule has 0 spiro atoms. The van der Waals surface area contributed by atoms with Crippen LogP contribution in [-0.2, 0) is 0 Å². The summed E-state index contributed by atoms with van der Waals surface area (Å²) in [6.07, 6.45) is 7.87. The van der Waals surface area contributed by atoms with Crippen LogP contribution in [0.3, 0.4) is 0 Å². The highest BCUT2D eigenvalue weighted by molar-refractivity contribution is 7.99. The molecule has 146 valence electrons. The van der Waals surface area contributed by atoms with Gasteiger partial charge in [-0.05, 0) is 30.2 Å². The van der Waals surface area contributed by atoms with E-state index < -0.39 is 0 Å². The van der Waals surface area contributed by atoms with Crippen molar-refractivity contribution in [2.24, 2.45) is 17.8 Å². The maximum atomic E-state index is 10.1. The molecule has 2 aliphatic rings. The van der Waals surface area contributed by atoms with Crippen LogP contribution in [0.15, 0.2) is 40.6 Å². The Morgan fingerprint density at radius 3 is 2.79 bits per heavy atom. The molecule has 1 saturated carbocycles. The Kier molecular flexibility index (Phi) is 4.37. The summed E-state index contributed by atoms with van der Waals surface area (Å²) in [6, 6.07) is 1.84. The van der Waals surface area contributed by atoms with Crippen molar-refractivity contribution in [3.05, 3.63) is 35.9 Å². The Hall–Kier alpha value is -2.03. The average Bonchev–Trinajstić information content (AvgIpc) is 3.06. The summed E-state index contributed by atoms with van der Waals surface area (Å²) in [6.45, 7) is 3.92. The van der Waals surface area contributed by atoms with Crippen molar-refractivity contribution < 1.29 is 5.11 Å². The van der Waals surface area contributed by atoms with Crippen molar-refractivity contribution in [3.63, 3.8) is 0 Å². The van der Waals surface area contributed by atoms with Gasteiger partial charge in [-0.3, -0.25) is 4.40 Å². The van der Waals surface area contributed by atoms with Crippen LogP contribution in [-0.4, -0.2) is 43.7 Å². The van der Waals surface area contributed by atoms with Crippen LogP contribution in [0.1, 0.15) is 13.3 Å². The summed E-state index contributed by atoms with van der Waals surface area (Å²) in [5, 5.41) is 10.6. The number of piperidine rings is 1. The van der Waals surface area contributed by atoms with Crippen molar-refractivity contribution >= 4 is 40.8 Å². The Labute approximate surface area is 171 Å². The summed E-state index contributed by atoms with van der Waals surface area (Å²) in [5.74, 6) is 2.81. The summed E-state index contributed by atoms with van der Waals surface area (Å²) in [7, 11) is 0. The molecule has 9 heteroatoms. The number of hydrogen-bond donors (Lipinski definition) is 2. The highest BCUT2D eigenvalue weighted by Crippen LogP contribution is 2.54. The summed E-state index contributed by atoms with van der Waals surface area (Å²) in [4.78, 5) is 17.3. The fraction of sp³-hybridized carbons (Fsp3) is 0.421. The lowest BCUT2D eigenvalue weighted by Crippen LogP contribution is -2.29. The van der Waals surface area contributed by atoms with E-state index in [9.17, 15) is 5.11 Å². The molecule has 7 nitrogen and oxygen atoms in total. The second-order valence-corrected chi connectivity index (χ2v) is 8.90. The molecular formula is C19H21ClN6OS. The van der Waals surface area contributed by atoms with E-state index in [2.05, 4.69) is 14.9 Å². The molecule has 1 unspecified atom stereocenters. The monoisotopic (exact) mass is 416 g/mol. The second kappa shape index (κ2) is 6.79. The number of fused-ring (bicyclic) bond motifs is 2. The van der Waals surface area contributed by atoms with Crippen molar-refractivity contribution in [2.45, 2.75) is 29.2 Å². The molecule has 2 fully saturated rings. The molecule has 28 heavy (non-hydrogen) atoms. The molecule has 0 aromatic carbocycles. The quantitative estimate of drug-likeness (QED) is 0.660. The predicted octanol–water partition coefficient (Wildman–Crippen LogP) is 2.96. The fourth-order valence-electron chi connectivity index (χ4n) is 4.41. The van der Waals surface area contributed by atoms with E-state index in [1.54, 1.807) is 12.4 Å². The van der Waals surface area contributed by atoms with Gasteiger partial charge in [0.1, 0.15) is 5.82 Å². The van der Waals surface area contributed by atoms with Crippen LogP contribution >= 0.6 is 23.4 Å². The maximum absolute atomic E-state index is 10.1. The Bertz CT molecular complexity index is 1030. The number of pyridine rings is 1. The van der Waals surface area contributed by atoms with Gasteiger partial charge in [-0.15, -0.1) is 0 Å². The zero-order chi connectivity index (χ0) is 19.4. The highest BCUT2D eigenvalue weighted by Gasteiger charge is 2.58. The molecule has 3 N–H and O–H groups in total. The normalized spacial score (nSPS) is 24.5. The number of halogens is 1. The molecule has 1 saturated heterocycles. The lowest BCUT2D eigenvalue weighted by molar-refractivity contribution is 0.134. The van der Waals surface area contributed by atoms with Crippen LogP contribution in [0.25, 0.3) is 5.65 Å². The Morgan fingerprint density at radius 1 is 1.25 bits per heavy atom. The number of aliphatic hydroxyl groups is 1. The topological polar surface area (TPSA) is 92.6 Å². The first kappa shape index (κ1) is 18.0. The fourth-order valence-corrected chi connectivity index (χ4v) is 5.54. The van der Waals surface area contributed by atoms with Crippen LogP contribution in [0, 0.1) is 17.8 Å². The lowest BCUT2D eigenvalue weighted by Gasteiger charge is -2.23. The van der Waals surface area contributed by atoms with E-state index >= 15 is 0 Å². The largest absolute Gasteiger partial charge is 0.393 e. The van der Waals surface area contributed by atoms with E-state index in [0.717, 1.165) is 40.9 Å². The van der Waals surface area contributed by atoms with Gasteiger partial charge < -0.3 is 15.7 Å². The summed E-state index contributed by atoms with van der Waals surface area (Å²) >= 11 is 7.77. The average molecular weight is 417 g/mol. The maximum Gasteiger partial charge on any atom is 0.211 e. The number of nitrogens with two attached hydrogens (primary N) is 1. The van der Waals surface area contributed by atoms with Gasteiger partial charge in [0.05, 0.1) is 16.0 Å². The minimum absolute atomic E-state index is 0.172. The number of rotatable bonds is 5. The van der Waals surface area contributed by atoms with Crippen molar-refractivity contribution in [1.29, 1.82) is 0 Å². The van der Waals surface area contributed by atoms with Crippen molar-refractivity contribution in [1.82, 2.24) is 19.4 Å². The molecule has 5 rings (SSSR count). The summed E-state index contributed by atoms with van der Waals surface area (Å²) in [5.41, 5.74) is 6.66. The van der Waals surface area contributed by atoms with Crippen molar-refractivity contribution in [2.75, 3.05) is 23.7 Å². The number of imidazole rings is 1. The minimum atomic E-state index is -0.172. The standard InChI is InChI=1S/C19H21ClN6OS/c1-2-12(27)15-10-8-25(9-11(10)15)19-24-7-14(18-23-5-6-26(18)19)28-13-3-4-22-17(21)16(13)20/h3-7,10-12,15,27H,2,8-9H2,1H3,(H2,21,22)/t10-,11?,12-,15+/m0/s1. The SMILES string of the molecule is CC[C@H](O)[C@H]1C2CN(c3ncc(Sc4ccnc(N)c4Cl)c4nccn34)C[C@@H]21. The molecule has 1 aliphatic carbocycles. The van der Waals surface area contributed by atoms with Gasteiger partial charge in [0, 0.05) is 42.8 Å². The van der Waals surface area contributed by atoms with Gasteiger partial charge >= 0.3 is 0 Å². The molecule has 4 atom stereocenters. The highest BCUT2D eigenvalue weighted by atomic mass is 35.5. The number of nitrogens with zero attached hydrogens (tertiary/aromatic N) is 5. The van der Waals surface area contributed by atoms with Crippen LogP contribution in [0.4, 0.5) is 11.8 Å². The van der Waals surface area contributed by atoms with E-state index in [-0.39, 0.29) is 6.10 Å². The molecule has 1 aliphatic heterocycles. The predicted molar refractivity (Wildman–Crippen MR) is 110 cm³/mol. The van der Waals surface area contributed by atoms with Gasteiger partial charge in [0.25, 0.3) is 0 Å². The second-order valence-electron chi connectivity index (χ2n) is 7.44. The first-order valence-electron chi connectivity index (χ1n) is 9.41. The zero-order valence-corrected chi connectivity index (χ0v) is 16.9. The van der Waals surface area contributed by atoms with Gasteiger partial charge in [-0.1, -0.05) is 30.3 Å². The number of aliphatic hydroxyl groups excluding tert-OH is 1. The first-order chi connectivity index (χ1) is 13.6. The molecule has 0 amide bonds. The van der Waals surface area contributed by atoms with Gasteiger partial charge in [0.2, 0.25) is 5.95 Å². The molecular weight excluding hydrogens is 396 g/mol. The van der Waals surface area contributed by atoms with Gasteiger partial charge in [0.15, 0.2) is 5.65 Å². The third-order valence-corrected chi connectivity index (χ3v) is 7.46. The Balaban J connectivity index is 1.41. The zero-order valence-electron chi connectivity index (χ0n) is 15.4. The van der Waals surface area contributed by atoms with Crippen LogP contribution in [0.2, 0.25) is 5.02 Å². The number of hydrogen-bond acceptors (Lipinski definition) is 7. The van der Waals surface area contributed by atoms with E-state index in [1.165, 1.54) is 11.8 Å². The van der Waals surface area contributed by atoms with E-state index in [4.69, 9.17) is 22.3 Å². The van der Waals surface area contributed by atoms with E-state index in [1.807, 2.05) is 29.8 Å². The van der Waals surface area contributed by atoms with Crippen molar-refractivity contribution in [3.8, 4) is 0 Å². The van der Waals surface area contributed by atoms with Crippen LogP contribution in [0.5, 0.6) is 0 Å². The third kappa shape index (κ3) is 2.82. The molecule has 3 aromatic heterocycles. The first-order valence-corrected chi connectivity index (χ1v) is 10.6. The number of aromatic nitrogens is 4. The molecule has 0 bridgehead atoms. The molecule has 4 heterocycles. The minimum Gasteiger partial charge on any atom is -0.393 e. The third-order valence-electron chi connectivity index (χ3n) is 5.88. The van der Waals surface area contributed by atoms with Gasteiger partial charge in [-0.2, -0.15) is 0 Å². The molecule has 0 radical (unpaired) electrons. The smallest absolute Gasteiger partial charge is 0.211 e. The Morgan fingerprint density at radius 2 is 2.04 bits per heavy atom. The van der Waals surface area contributed by atoms with Gasteiger partial charge in [-0.25, -0.2) is 15.0 Å².